The van der Waals surface area contributed by atoms with E-state index in [9.17, 15) is 9.59 Å². The van der Waals surface area contributed by atoms with Crippen molar-refractivity contribution in [1.82, 2.24) is 5.32 Å². The first-order valence-corrected chi connectivity index (χ1v) is 11.8. The van der Waals surface area contributed by atoms with Crippen molar-refractivity contribution in [3.8, 4) is 0 Å². The van der Waals surface area contributed by atoms with Gasteiger partial charge in [-0.1, -0.05) is 48.0 Å². The fourth-order valence-corrected chi connectivity index (χ4v) is 4.60. The number of anilines is 1. The van der Waals surface area contributed by atoms with Gasteiger partial charge in [0.15, 0.2) is 5.76 Å². The summed E-state index contributed by atoms with van der Waals surface area (Å²) in [4.78, 5) is 26.5. The van der Waals surface area contributed by atoms with Gasteiger partial charge in [0.05, 0.1) is 6.54 Å². The van der Waals surface area contributed by atoms with Gasteiger partial charge < -0.3 is 15.1 Å². The van der Waals surface area contributed by atoms with Gasteiger partial charge in [0, 0.05) is 32.3 Å². The summed E-state index contributed by atoms with van der Waals surface area (Å²) in [5.74, 6) is 0.0387. The molecule has 0 bridgehead atoms. The molecule has 0 unspecified atom stereocenters. The number of fused-ring (bicyclic) bond motifs is 1. The Morgan fingerprint density at radius 1 is 0.939 bits per heavy atom. The first kappa shape index (κ1) is 23.0. The van der Waals surface area contributed by atoms with Gasteiger partial charge in [-0.3, -0.25) is 9.59 Å². The highest BCUT2D eigenvalue weighted by atomic mass is 35.5. The third-order valence-electron chi connectivity index (χ3n) is 5.26. The van der Waals surface area contributed by atoms with Crippen LogP contribution in [-0.4, -0.2) is 18.4 Å². The number of halogens is 1. The number of thioether (sulfide) groups is 1. The molecule has 0 saturated heterocycles. The lowest BCUT2D eigenvalue weighted by Crippen LogP contribution is -2.33. The Morgan fingerprint density at radius 3 is 2.36 bits per heavy atom. The van der Waals surface area contributed by atoms with Crippen LogP contribution in [0.4, 0.5) is 5.69 Å². The maximum Gasteiger partial charge on any atom is 0.287 e. The molecule has 4 aromatic rings. The molecule has 168 valence electrons. The van der Waals surface area contributed by atoms with Crippen molar-refractivity contribution >= 4 is 51.8 Å². The fourth-order valence-electron chi connectivity index (χ4n) is 3.55. The van der Waals surface area contributed by atoms with Gasteiger partial charge in [-0.05, 0) is 55.3 Å². The van der Waals surface area contributed by atoms with Gasteiger partial charge >= 0.3 is 0 Å². The number of hydrogen-bond donors (Lipinski definition) is 2. The molecule has 2 N–H and O–H groups in total. The van der Waals surface area contributed by atoms with E-state index < -0.39 is 5.91 Å². The fraction of sp³-hybridized carbons (Fsp3) is 0.154. The van der Waals surface area contributed by atoms with E-state index in [1.807, 2.05) is 80.6 Å². The second kappa shape index (κ2) is 10.1. The molecule has 5 nitrogen and oxygen atoms in total. The minimum absolute atomic E-state index is 0.159. The first-order chi connectivity index (χ1) is 15.9. The number of carbonyl (C=O) groups excluding carboxylic acids is 2. The van der Waals surface area contributed by atoms with Crippen molar-refractivity contribution in [3.63, 3.8) is 0 Å². The molecule has 0 spiro atoms. The smallest absolute Gasteiger partial charge is 0.287 e. The quantitative estimate of drug-likeness (QED) is 0.303. The van der Waals surface area contributed by atoms with Crippen LogP contribution in [0.2, 0.25) is 5.02 Å². The minimum Gasteiger partial charge on any atom is -0.451 e. The zero-order valence-corrected chi connectivity index (χ0v) is 19.8. The molecule has 1 heterocycles. The van der Waals surface area contributed by atoms with Gasteiger partial charge in [-0.25, -0.2) is 0 Å². The normalized spacial score (nSPS) is 10.9. The van der Waals surface area contributed by atoms with E-state index in [0.29, 0.717) is 16.4 Å². The molecule has 0 atom stereocenters. The van der Waals surface area contributed by atoms with Crippen molar-refractivity contribution in [2.24, 2.45) is 0 Å². The largest absolute Gasteiger partial charge is 0.451 e. The van der Waals surface area contributed by atoms with Crippen molar-refractivity contribution < 1.29 is 14.0 Å². The predicted molar refractivity (Wildman–Crippen MR) is 134 cm³/mol. The van der Waals surface area contributed by atoms with Crippen molar-refractivity contribution in [3.05, 3.63) is 94.2 Å². The average Bonchev–Trinajstić information content (AvgIpc) is 3.18. The summed E-state index contributed by atoms with van der Waals surface area (Å²) in [7, 11) is 0. The van der Waals surface area contributed by atoms with E-state index in [0.717, 1.165) is 32.7 Å². The second-order valence-corrected chi connectivity index (χ2v) is 9.13. The molecule has 0 aliphatic carbocycles. The third kappa shape index (κ3) is 5.41. The van der Waals surface area contributed by atoms with Crippen LogP contribution in [0.1, 0.15) is 27.2 Å². The Morgan fingerprint density at radius 2 is 1.64 bits per heavy atom. The van der Waals surface area contributed by atoms with Crippen LogP contribution >= 0.6 is 23.4 Å². The van der Waals surface area contributed by atoms with Crippen molar-refractivity contribution in [2.75, 3.05) is 11.9 Å². The monoisotopic (exact) mass is 478 g/mol. The Labute approximate surface area is 201 Å². The summed E-state index contributed by atoms with van der Waals surface area (Å²) in [5.41, 5.74) is 4.12. The summed E-state index contributed by atoms with van der Waals surface area (Å²) >= 11 is 7.56. The van der Waals surface area contributed by atoms with Crippen LogP contribution in [0.3, 0.4) is 0 Å². The summed E-state index contributed by atoms with van der Waals surface area (Å²) < 4.78 is 5.88. The Kier molecular flexibility index (Phi) is 7.06. The number of hydrogen-bond acceptors (Lipinski definition) is 4. The molecule has 2 amide bonds. The standard InChI is InChI=1S/C26H23ClN2O3S/c1-16-6-5-7-17(2)24(16)29-23(30)14-28-26(31)25-21(20-8-3-4-9-22(20)32-25)15-33-19-12-10-18(27)11-13-19/h3-13H,14-15H2,1-2H3,(H,28,31)(H,29,30). The maximum absolute atomic E-state index is 13.0. The SMILES string of the molecule is Cc1cccc(C)c1NC(=O)CNC(=O)c1oc2ccccc2c1CSc1ccc(Cl)cc1. The zero-order valence-electron chi connectivity index (χ0n) is 18.3. The molecular weight excluding hydrogens is 456 g/mol. The highest BCUT2D eigenvalue weighted by molar-refractivity contribution is 7.98. The molecule has 0 saturated carbocycles. The summed E-state index contributed by atoms with van der Waals surface area (Å²) in [6, 6.07) is 20.9. The number of amides is 2. The third-order valence-corrected chi connectivity index (χ3v) is 6.55. The number of furan rings is 1. The van der Waals surface area contributed by atoms with E-state index >= 15 is 0 Å². The summed E-state index contributed by atoms with van der Waals surface area (Å²) in [6.07, 6.45) is 0. The second-order valence-electron chi connectivity index (χ2n) is 7.65. The molecule has 0 aliphatic rings. The lowest BCUT2D eigenvalue weighted by molar-refractivity contribution is -0.115. The highest BCUT2D eigenvalue weighted by Gasteiger charge is 2.21. The summed E-state index contributed by atoms with van der Waals surface area (Å²) in [5, 5.41) is 7.12. The molecule has 7 heteroatoms. The van der Waals surface area contributed by atoms with Gasteiger partial charge in [-0.2, -0.15) is 0 Å². The van der Waals surface area contributed by atoms with Crippen molar-refractivity contribution in [2.45, 2.75) is 24.5 Å². The molecule has 0 aliphatic heterocycles. The van der Waals surface area contributed by atoms with Crippen LogP contribution in [-0.2, 0) is 10.5 Å². The Balaban J connectivity index is 1.48. The topological polar surface area (TPSA) is 71.3 Å². The van der Waals surface area contributed by atoms with E-state index in [1.54, 1.807) is 11.8 Å². The van der Waals surface area contributed by atoms with Crippen LogP contribution in [0.25, 0.3) is 11.0 Å². The molecule has 1 aromatic heterocycles. The molecule has 0 fully saturated rings. The van der Waals surface area contributed by atoms with Gasteiger partial charge in [0.1, 0.15) is 5.58 Å². The molecule has 3 aromatic carbocycles. The average molecular weight is 479 g/mol. The lowest BCUT2D eigenvalue weighted by atomic mass is 10.1. The molecular formula is C26H23ClN2O3S. The van der Waals surface area contributed by atoms with Gasteiger partial charge in [0.25, 0.3) is 5.91 Å². The van der Waals surface area contributed by atoms with E-state index in [-0.39, 0.29) is 18.2 Å². The molecule has 33 heavy (non-hydrogen) atoms. The predicted octanol–water partition coefficient (Wildman–Crippen LogP) is 6.36. The number of aryl methyl sites for hydroxylation is 2. The zero-order chi connectivity index (χ0) is 23.4. The number of rotatable bonds is 7. The van der Waals surface area contributed by atoms with E-state index in [1.165, 1.54) is 0 Å². The number of nitrogens with one attached hydrogen (secondary N) is 2. The van der Waals surface area contributed by atoms with Gasteiger partial charge in [-0.15, -0.1) is 11.8 Å². The van der Waals surface area contributed by atoms with E-state index in [2.05, 4.69) is 10.6 Å². The molecule has 4 rings (SSSR count). The van der Waals surface area contributed by atoms with E-state index in [4.69, 9.17) is 16.0 Å². The maximum atomic E-state index is 13.0. The minimum atomic E-state index is -0.422. The highest BCUT2D eigenvalue weighted by Crippen LogP contribution is 2.32. The van der Waals surface area contributed by atoms with Crippen molar-refractivity contribution in [1.29, 1.82) is 0 Å². The van der Waals surface area contributed by atoms with Gasteiger partial charge in [0.2, 0.25) is 5.91 Å². The summed E-state index contributed by atoms with van der Waals surface area (Å²) in [6.45, 7) is 3.70. The lowest BCUT2D eigenvalue weighted by Gasteiger charge is -2.12. The Bertz CT molecular complexity index is 1290. The molecule has 0 radical (unpaired) electrons. The van der Waals surface area contributed by atoms with Crippen LogP contribution in [0.15, 0.2) is 76.0 Å². The van der Waals surface area contributed by atoms with Crippen LogP contribution in [0, 0.1) is 13.8 Å². The van der Waals surface area contributed by atoms with Crippen LogP contribution < -0.4 is 10.6 Å². The first-order valence-electron chi connectivity index (χ1n) is 10.5. The Hall–Kier alpha value is -3.22. The van der Waals surface area contributed by atoms with Crippen LogP contribution in [0.5, 0.6) is 0 Å². The number of para-hydroxylation sites is 2. The number of carbonyl (C=O) groups is 2. The number of benzene rings is 3.